The van der Waals surface area contributed by atoms with Crippen LogP contribution in [0.25, 0.3) is 0 Å². The minimum absolute atomic E-state index is 0.112. The van der Waals surface area contributed by atoms with E-state index < -0.39 is 0 Å². The molecule has 1 saturated carbocycles. The molecule has 1 fully saturated rings. The van der Waals surface area contributed by atoms with Gasteiger partial charge in [-0.3, -0.25) is 9.78 Å². The predicted octanol–water partition coefficient (Wildman–Crippen LogP) is 1.82. The third kappa shape index (κ3) is 1.69. The van der Waals surface area contributed by atoms with Crippen LogP contribution in [0.5, 0.6) is 0 Å². The second kappa shape index (κ2) is 2.83. The molecule has 0 spiro atoms. The van der Waals surface area contributed by atoms with Crippen molar-refractivity contribution in [1.82, 2.24) is 4.98 Å². The zero-order valence-electron chi connectivity index (χ0n) is 7.58. The van der Waals surface area contributed by atoms with Gasteiger partial charge in [0.05, 0.1) is 11.9 Å². The van der Waals surface area contributed by atoms with Crippen LogP contribution in [-0.2, 0) is 4.79 Å². The fraction of sp³-hybridized carbons (Fsp3) is 0.400. The summed E-state index contributed by atoms with van der Waals surface area (Å²) in [6.07, 6.45) is 5.34. The molecular weight excluding hydrogens is 164 g/mol. The van der Waals surface area contributed by atoms with Crippen molar-refractivity contribution >= 4 is 11.6 Å². The minimum atomic E-state index is -0.115. The highest BCUT2D eigenvalue weighted by atomic mass is 16.2. The number of aromatic nitrogens is 1. The van der Waals surface area contributed by atoms with Crippen molar-refractivity contribution in [3.63, 3.8) is 0 Å². The van der Waals surface area contributed by atoms with Crippen LogP contribution in [0.4, 0.5) is 5.69 Å². The standard InChI is InChI=1S/C10H12N2O/c1-10(4-5-10)9(13)12-8-3-2-6-11-7-8/h2-3,6-7H,4-5H2,1H3,(H,12,13). The molecule has 1 amide bonds. The molecule has 1 heterocycles. The highest BCUT2D eigenvalue weighted by Crippen LogP contribution is 2.45. The van der Waals surface area contributed by atoms with Crippen LogP contribution in [0.1, 0.15) is 19.8 Å². The van der Waals surface area contributed by atoms with Crippen LogP contribution in [0.15, 0.2) is 24.5 Å². The lowest BCUT2D eigenvalue weighted by molar-refractivity contribution is -0.120. The molecule has 0 aromatic carbocycles. The number of hydrogen-bond donors (Lipinski definition) is 1. The molecule has 1 N–H and O–H groups in total. The molecule has 0 unspecified atom stereocenters. The van der Waals surface area contributed by atoms with E-state index in [2.05, 4.69) is 10.3 Å². The minimum Gasteiger partial charge on any atom is -0.324 e. The Morgan fingerprint density at radius 2 is 2.38 bits per heavy atom. The number of carbonyl (C=O) groups is 1. The third-order valence-electron chi connectivity index (χ3n) is 2.47. The number of pyridine rings is 1. The first-order valence-electron chi connectivity index (χ1n) is 4.42. The zero-order chi connectivity index (χ0) is 9.31. The Bertz CT molecular complexity index is 317. The smallest absolute Gasteiger partial charge is 0.230 e. The lowest BCUT2D eigenvalue weighted by Gasteiger charge is -2.08. The first-order valence-corrected chi connectivity index (χ1v) is 4.42. The van der Waals surface area contributed by atoms with Crippen molar-refractivity contribution in [2.24, 2.45) is 5.41 Å². The quantitative estimate of drug-likeness (QED) is 0.746. The number of anilines is 1. The van der Waals surface area contributed by atoms with Crippen molar-refractivity contribution in [1.29, 1.82) is 0 Å². The summed E-state index contributed by atoms with van der Waals surface area (Å²) in [6.45, 7) is 1.98. The first kappa shape index (κ1) is 8.23. The topological polar surface area (TPSA) is 42.0 Å². The fourth-order valence-corrected chi connectivity index (χ4v) is 1.13. The zero-order valence-corrected chi connectivity index (χ0v) is 7.58. The number of amides is 1. The Hall–Kier alpha value is -1.38. The van der Waals surface area contributed by atoms with Gasteiger partial charge in [-0.05, 0) is 25.0 Å². The van der Waals surface area contributed by atoms with E-state index in [0.717, 1.165) is 18.5 Å². The van der Waals surface area contributed by atoms with E-state index in [1.165, 1.54) is 0 Å². The van der Waals surface area contributed by atoms with Crippen LogP contribution in [0.3, 0.4) is 0 Å². The molecular formula is C10H12N2O. The highest BCUT2D eigenvalue weighted by molar-refractivity contribution is 5.96. The monoisotopic (exact) mass is 176 g/mol. The van der Waals surface area contributed by atoms with Crippen molar-refractivity contribution in [3.05, 3.63) is 24.5 Å². The van der Waals surface area contributed by atoms with Crippen molar-refractivity contribution in [3.8, 4) is 0 Å². The molecule has 0 saturated heterocycles. The van der Waals surface area contributed by atoms with Gasteiger partial charge in [-0.1, -0.05) is 6.92 Å². The van der Waals surface area contributed by atoms with Gasteiger partial charge < -0.3 is 5.32 Å². The molecule has 3 nitrogen and oxygen atoms in total. The molecule has 0 bridgehead atoms. The summed E-state index contributed by atoms with van der Waals surface area (Å²) in [7, 11) is 0. The Kier molecular flexibility index (Phi) is 1.79. The number of nitrogens with one attached hydrogen (secondary N) is 1. The lowest BCUT2D eigenvalue weighted by Crippen LogP contribution is -2.21. The maximum atomic E-state index is 11.6. The van der Waals surface area contributed by atoms with Gasteiger partial charge in [-0.25, -0.2) is 0 Å². The Balaban J connectivity index is 2.03. The summed E-state index contributed by atoms with van der Waals surface area (Å²) in [5.41, 5.74) is 0.663. The Morgan fingerprint density at radius 3 is 2.92 bits per heavy atom. The van der Waals surface area contributed by atoms with Crippen LogP contribution >= 0.6 is 0 Å². The second-order valence-electron chi connectivity index (χ2n) is 3.76. The van der Waals surface area contributed by atoms with E-state index in [4.69, 9.17) is 0 Å². The predicted molar refractivity (Wildman–Crippen MR) is 50.2 cm³/mol. The first-order chi connectivity index (χ1) is 6.21. The number of nitrogens with zero attached hydrogens (tertiary/aromatic N) is 1. The molecule has 0 radical (unpaired) electrons. The van der Waals surface area contributed by atoms with E-state index >= 15 is 0 Å². The van der Waals surface area contributed by atoms with Crippen LogP contribution in [-0.4, -0.2) is 10.9 Å². The maximum absolute atomic E-state index is 11.6. The summed E-state index contributed by atoms with van der Waals surface area (Å²) < 4.78 is 0. The molecule has 68 valence electrons. The molecule has 13 heavy (non-hydrogen) atoms. The molecule has 1 aromatic heterocycles. The van der Waals surface area contributed by atoms with Gasteiger partial charge in [0, 0.05) is 11.6 Å². The SMILES string of the molecule is CC1(C(=O)Nc2cccnc2)CC1. The van der Waals surface area contributed by atoms with E-state index in [1.54, 1.807) is 12.4 Å². The molecule has 1 aliphatic carbocycles. The Morgan fingerprint density at radius 1 is 1.62 bits per heavy atom. The van der Waals surface area contributed by atoms with Gasteiger partial charge >= 0.3 is 0 Å². The van der Waals surface area contributed by atoms with Crippen molar-refractivity contribution < 1.29 is 4.79 Å². The van der Waals surface area contributed by atoms with Gasteiger partial charge in [-0.15, -0.1) is 0 Å². The van der Waals surface area contributed by atoms with E-state index in [0.29, 0.717) is 0 Å². The normalized spacial score (nSPS) is 17.9. The second-order valence-corrected chi connectivity index (χ2v) is 3.76. The summed E-state index contributed by atoms with van der Waals surface area (Å²) in [4.78, 5) is 15.5. The average Bonchev–Trinajstić information content (AvgIpc) is 2.87. The average molecular weight is 176 g/mol. The fourth-order valence-electron chi connectivity index (χ4n) is 1.13. The summed E-state index contributed by atoms with van der Waals surface area (Å²) in [5, 5.41) is 2.84. The molecule has 1 aliphatic rings. The Labute approximate surface area is 77.2 Å². The van der Waals surface area contributed by atoms with E-state index in [-0.39, 0.29) is 11.3 Å². The number of hydrogen-bond acceptors (Lipinski definition) is 2. The van der Waals surface area contributed by atoms with Crippen LogP contribution in [0, 0.1) is 5.41 Å². The van der Waals surface area contributed by atoms with Gasteiger partial charge in [0.25, 0.3) is 0 Å². The molecule has 0 aliphatic heterocycles. The largest absolute Gasteiger partial charge is 0.324 e. The van der Waals surface area contributed by atoms with Gasteiger partial charge in [0.15, 0.2) is 0 Å². The highest BCUT2D eigenvalue weighted by Gasteiger charge is 2.44. The lowest BCUT2D eigenvalue weighted by atomic mass is 10.1. The van der Waals surface area contributed by atoms with Crippen LogP contribution in [0.2, 0.25) is 0 Å². The molecule has 1 aromatic rings. The van der Waals surface area contributed by atoms with Gasteiger partial charge in [-0.2, -0.15) is 0 Å². The molecule has 2 rings (SSSR count). The summed E-state index contributed by atoms with van der Waals surface area (Å²) in [5.74, 6) is 0.112. The number of rotatable bonds is 2. The molecule has 0 atom stereocenters. The third-order valence-corrected chi connectivity index (χ3v) is 2.47. The van der Waals surface area contributed by atoms with Gasteiger partial charge in [0.2, 0.25) is 5.91 Å². The van der Waals surface area contributed by atoms with Crippen molar-refractivity contribution in [2.45, 2.75) is 19.8 Å². The molecule has 3 heteroatoms. The van der Waals surface area contributed by atoms with E-state index in [1.807, 2.05) is 19.1 Å². The van der Waals surface area contributed by atoms with E-state index in [9.17, 15) is 4.79 Å². The summed E-state index contributed by atoms with van der Waals surface area (Å²) in [6, 6.07) is 3.65. The number of carbonyl (C=O) groups excluding carboxylic acids is 1. The summed E-state index contributed by atoms with van der Waals surface area (Å²) >= 11 is 0. The van der Waals surface area contributed by atoms with Crippen LogP contribution < -0.4 is 5.32 Å². The van der Waals surface area contributed by atoms with Gasteiger partial charge in [0.1, 0.15) is 0 Å². The van der Waals surface area contributed by atoms with Crippen molar-refractivity contribution in [2.75, 3.05) is 5.32 Å². The maximum Gasteiger partial charge on any atom is 0.230 e.